The molecule has 3 aromatic rings. The van der Waals surface area contributed by atoms with E-state index in [1.165, 1.54) is 11.8 Å². The van der Waals surface area contributed by atoms with E-state index in [1.54, 1.807) is 4.68 Å². The summed E-state index contributed by atoms with van der Waals surface area (Å²) in [6, 6.07) is 17.7. The Morgan fingerprint density at radius 3 is 2.57 bits per heavy atom. The first-order chi connectivity index (χ1) is 13.5. The van der Waals surface area contributed by atoms with Crippen LogP contribution in [-0.4, -0.2) is 28.4 Å². The van der Waals surface area contributed by atoms with Crippen molar-refractivity contribution in [1.82, 2.24) is 15.2 Å². The molecular weight excluding hydrogens is 374 g/mol. The molecule has 6 nitrogen and oxygen atoms in total. The number of hydrazone groups is 1. The number of benzene rings is 2. The largest absolute Gasteiger partial charge is 0.376 e. The van der Waals surface area contributed by atoms with Gasteiger partial charge in [-0.15, -0.1) is 0 Å². The summed E-state index contributed by atoms with van der Waals surface area (Å²) in [5.74, 6) is -0.249. The van der Waals surface area contributed by atoms with Crippen LogP contribution in [0.1, 0.15) is 22.4 Å². The van der Waals surface area contributed by atoms with Crippen molar-refractivity contribution in [1.29, 1.82) is 0 Å². The van der Waals surface area contributed by atoms with Crippen molar-refractivity contribution < 1.29 is 4.79 Å². The van der Waals surface area contributed by atoms with Crippen LogP contribution in [0.5, 0.6) is 0 Å². The highest BCUT2D eigenvalue weighted by Crippen LogP contribution is 2.19. The number of anilines is 1. The molecule has 0 aliphatic carbocycles. The Bertz CT molecular complexity index is 964. The summed E-state index contributed by atoms with van der Waals surface area (Å²) in [6.07, 6.45) is 1.52. The zero-order valence-corrected chi connectivity index (χ0v) is 16.6. The van der Waals surface area contributed by atoms with Crippen molar-refractivity contribution in [3.63, 3.8) is 0 Å². The number of carbonyl (C=O) groups is 1. The van der Waals surface area contributed by atoms with Crippen LogP contribution in [0, 0.1) is 13.8 Å². The molecule has 0 bridgehead atoms. The first kappa shape index (κ1) is 19.6. The van der Waals surface area contributed by atoms with E-state index in [0.29, 0.717) is 17.3 Å². The number of para-hydroxylation sites is 1. The standard InChI is InChI=1S/C21H22ClN5O/c1-15-8-10-17(11-9-15)14-27-21(22)19(16(2)26-27)12-24-25-20(28)13-23-18-6-4-3-5-7-18/h3-12,23H,13-14H2,1-2H3,(H,25,28)/b24-12-. The van der Waals surface area contributed by atoms with Crippen LogP contribution in [0.25, 0.3) is 0 Å². The first-order valence-corrected chi connectivity index (χ1v) is 9.30. The van der Waals surface area contributed by atoms with Crippen LogP contribution in [0.15, 0.2) is 59.7 Å². The molecule has 2 N–H and O–H groups in total. The molecule has 0 saturated heterocycles. The van der Waals surface area contributed by atoms with Gasteiger partial charge < -0.3 is 5.32 Å². The number of aromatic nitrogens is 2. The van der Waals surface area contributed by atoms with Crippen molar-refractivity contribution in [2.75, 3.05) is 11.9 Å². The van der Waals surface area contributed by atoms with Gasteiger partial charge in [-0.2, -0.15) is 10.2 Å². The molecule has 0 saturated carbocycles. The minimum Gasteiger partial charge on any atom is -0.376 e. The molecular formula is C21H22ClN5O. The SMILES string of the molecule is Cc1ccc(Cn2nc(C)c(/C=N\NC(=O)CNc3ccccc3)c2Cl)cc1. The Hall–Kier alpha value is -3.12. The van der Waals surface area contributed by atoms with Gasteiger partial charge in [-0.1, -0.05) is 59.6 Å². The molecule has 0 unspecified atom stereocenters. The molecule has 0 fully saturated rings. The number of amides is 1. The number of halogens is 1. The van der Waals surface area contributed by atoms with Crippen LogP contribution in [0.4, 0.5) is 5.69 Å². The molecule has 2 aromatic carbocycles. The summed E-state index contributed by atoms with van der Waals surface area (Å²) >= 11 is 6.45. The van der Waals surface area contributed by atoms with Gasteiger partial charge in [0.05, 0.1) is 30.6 Å². The van der Waals surface area contributed by atoms with Gasteiger partial charge in [-0.05, 0) is 31.5 Å². The third kappa shape index (κ3) is 5.20. The molecule has 0 spiro atoms. The Kier molecular flexibility index (Phi) is 6.45. The van der Waals surface area contributed by atoms with E-state index in [2.05, 4.69) is 45.2 Å². The van der Waals surface area contributed by atoms with Crippen LogP contribution < -0.4 is 10.7 Å². The third-order valence-electron chi connectivity index (χ3n) is 4.17. The first-order valence-electron chi connectivity index (χ1n) is 8.92. The Labute approximate surface area is 169 Å². The van der Waals surface area contributed by atoms with E-state index in [4.69, 9.17) is 11.6 Å². The minimum absolute atomic E-state index is 0.126. The van der Waals surface area contributed by atoms with E-state index in [9.17, 15) is 4.79 Å². The van der Waals surface area contributed by atoms with Crippen molar-refractivity contribution >= 4 is 29.4 Å². The maximum atomic E-state index is 11.9. The fourth-order valence-electron chi connectivity index (χ4n) is 2.63. The molecule has 7 heteroatoms. The maximum Gasteiger partial charge on any atom is 0.259 e. The second-order valence-electron chi connectivity index (χ2n) is 6.45. The highest BCUT2D eigenvalue weighted by molar-refractivity contribution is 6.32. The van der Waals surface area contributed by atoms with Gasteiger partial charge >= 0.3 is 0 Å². The number of hydrogen-bond acceptors (Lipinski definition) is 4. The predicted molar refractivity (Wildman–Crippen MR) is 113 cm³/mol. The monoisotopic (exact) mass is 395 g/mol. The van der Waals surface area contributed by atoms with Gasteiger partial charge in [-0.3, -0.25) is 4.79 Å². The zero-order chi connectivity index (χ0) is 19.9. The van der Waals surface area contributed by atoms with Gasteiger partial charge in [0.15, 0.2) is 0 Å². The molecule has 0 atom stereocenters. The van der Waals surface area contributed by atoms with E-state index >= 15 is 0 Å². The number of nitrogens with zero attached hydrogens (tertiary/aromatic N) is 3. The molecule has 1 heterocycles. The molecule has 0 radical (unpaired) electrons. The van der Waals surface area contributed by atoms with Crippen LogP contribution in [-0.2, 0) is 11.3 Å². The van der Waals surface area contributed by atoms with E-state index < -0.39 is 0 Å². The highest BCUT2D eigenvalue weighted by atomic mass is 35.5. The molecule has 28 heavy (non-hydrogen) atoms. The van der Waals surface area contributed by atoms with Crippen molar-refractivity contribution in [3.8, 4) is 0 Å². The Balaban J connectivity index is 1.58. The maximum absolute atomic E-state index is 11.9. The van der Waals surface area contributed by atoms with Crippen LogP contribution in [0.2, 0.25) is 5.15 Å². The van der Waals surface area contributed by atoms with E-state index in [0.717, 1.165) is 16.9 Å². The van der Waals surface area contributed by atoms with Gasteiger partial charge in [0, 0.05) is 5.69 Å². The number of hydrogen-bond donors (Lipinski definition) is 2. The van der Waals surface area contributed by atoms with E-state index in [-0.39, 0.29) is 12.5 Å². The lowest BCUT2D eigenvalue weighted by atomic mass is 10.1. The molecule has 144 valence electrons. The van der Waals surface area contributed by atoms with Crippen molar-refractivity contribution in [3.05, 3.63) is 82.1 Å². The van der Waals surface area contributed by atoms with Crippen LogP contribution >= 0.6 is 11.6 Å². The normalized spacial score (nSPS) is 11.0. The third-order valence-corrected chi connectivity index (χ3v) is 4.57. The fourth-order valence-corrected chi connectivity index (χ4v) is 2.91. The van der Waals surface area contributed by atoms with Gasteiger partial charge in [-0.25, -0.2) is 10.1 Å². The second kappa shape index (κ2) is 9.19. The lowest BCUT2D eigenvalue weighted by molar-refractivity contribution is -0.119. The average Bonchev–Trinajstić information content (AvgIpc) is 2.96. The summed E-state index contributed by atoms with van der Waals surface area (Å²) in [7, 11) is 0. The molecule has 0 aliphatic heterocycles. The molecule has 3 rings (SSSR count). The number of aryl methyl sites for hydroxylation is 2. The summed E-state index contributed by atoms with van der Waals surface area (Å²) in [4.78, 5) is 11.9. The second-order valence-corrected chi connectivity index (χ2v) is 6.80. The smallest absolute Gasteiger partial charge is 0.259 e. The summed E-state index contributed by atoms with van der Waals surface area (Å²) in [5.41, 5.74) is 7.11. The summed E-state index contributed by atoms with van der Waals surface area (Å²) < 4.78 is 1.72. The van der Waals surface area contributed by atoms with Crippen LogP contribution in [0.3, 0.4) is 0 Å². The van der Waals surface area contributed by atoms with Crippen molar-refractivity contribution in [2.24, 2.45) is 5.10 Å². The lowest BCUT2D eigenvalue weighted by Gasteiger charge is -2.04. The summed E-state index contributed by atoms with van der Waals surface area (Å²) in [5, 5.41) is 12.0. The molecule has 1 aromatic heterocycles. The Morgan fingerprint density at radius 1 is 1.14 bits per heavy atom. The number of rotatable bonds is 7. The number of carbonyl (C=O) groups excluding carboxylic acids is 1. The minimum atomic E-state index is -0.249. The molecule has 0 aliphatic rings. The number of nitrogens with one attached hydrogen (secondary N) is 2. The average molecular weight is 396 g/mol. The van der Waals surface area contributed by atoms with Gasteiger partial charge in [0.25, 0.3) is 5.91 Å². The van der Waals surface area contributed by atoms with E-state index in [1.807, 2.05) is 44.2 Å². The lowest BCUT2D eigenvalue weighted by Crippen LogP contribution is -2.25. The predicted octanol–water partition coefficient (Wildman–Crippen LogP) is 3.76. The molecule has 1 amide bonds. The van der Waals surface area contributed by atoms with Gasteiger partial charge in [0.2, 0.25) is 0 Å². The quantitative estimate of drug-likeness (QED) is 0.472. The highest BCUT2D eigenvalue weighted by Gasteiger charge is 2.12. The Morgan fingerprint density at radius 2 is 1.86 bits per heavy atom. The fraction of sp³-hybridized carbons (Fsp3) is 0.190. The topological polar surface area (TPSA) is 71.3 Å². The zero-order valence-electron chi connectivity index (χ0n) is 15.8. The summed E-state index contributed by atoms with van der Waals surface area (Å²) in [6.45, 7) is 4.60. The van der Waals surface area contributed by atoms with Crippen molar-refractivity contribution in [2.45, 2.75) is 20.4 Å². The van der Waals surface area contributed by atoms with Gasteiger partial charge in [0.1, 0.15) is 5.15 Å².